The highest BCUT2D eigenvalue weighted by Gasteiger charge is 2.25. The molecule has 1 rings (SSSR count). The van der Waals surface area contributed by atoms with Crippen LogP contribution in [0.4, 0.5) is 0 Å². The van der Waals surface area contributed by atoms with Crippen molar-refractivity contribution in [1.29, 1.82) is 5.41 Å². The monoisotopic (exact) mass is 539 g/mol. The lowest BCUT2D eigenvalue weighted by Crippen LogP contribution is -2.51. The van der Waals surface area contributed by atoms with Gasteiger partial charge in [-0.05, 0) is 12.1 Å². The Hall–Kier alpha value is -3.59. The van der Waals surface area contributed by atoms with Crippen LogP contribution in [0.2, 0.25) is 0 Å². The minimum atomic E-state index is -1.17. The van der Waals surface area contributed by atoms with Crippen molar-refractivity contribution >= 4 is 65.1 Å². The van der Waals surface area contributed by atoms with E-state index in [1.54, 1.807) is 26.2 Å². The summed E-state index contributed by atoms with van der Waals surface area (Å²) in [6, 6.07) is 3.77. The van der Waals surface area contributed by atoms with Crippen molar-refractivity contribution in [3.8, 4) is 5.75 Å². The first-order valence-electron chi connectivity index (χ1n) is 10.4. The summed E-state index contributed by atoms with van der Waals surface area (Å²) < 4.78 is 5.31. The van der Waals surface area contributed by atoms with E-state index in [0.29, 0.717) is 11.8 Å². The van der Waals surface area contributed by atoms with Gasteiger partial charge >= 0.3 is 5.97 Å². The van der Waals surface area contributed by atoms with Crippen LogP contribution in [0.15, 0.2) is 29.3 Å². The smallest absolute Gasteiger partial charge is 0.334 e. The highest BCUT2D eigenvalue weighted by Crippen LogP contribution is 2.24. The molecular weight excluding hydrogens is 510 g/mol. The molecule has 3 amide bonds. The van der Waals surface area contributed by atoms with Crippen LogP contribution in [0.1, 0.15) is 24.2 Å². The number of hydrogen-bond acceptors (Lipinski definition) is 9. The average Bonchev–Trinajstić information content (AvgIpc) is 2.79. The summed E-state index contributed by atoms with van der Waals surface area (Å²) >= 11 is 4.72. The molecule has 0 saturated heterocycles. The number of carbonyl (C=O) groups excluding carboxylic acids is 5. The highest BCUT2D eigenvalue weighted by atomic mass is 32.2. The molecule has 1 aromatic rings. The summed E-state index contributed by atoms with van der Waals surface area (Å²) in [4.78, 5) is 65.8. The first kappa shape index (κ1) is 30.4. The van der Waals surface area contributed by atoms with Crippen LogP contribution in [-0.4, -0.2) is 83.3 Å². The molecule has 15 heteroatoms. The second-order valence-corrected chi connectivity index (χ2v) is 8.77. The summed E-state index contributed by atoms with van der Waals surface area (Å²) in [6.45, 7) is 2.44. The number of thioether (sulfide) groups is 1. The van der Waals surface area contributed by atoms with Crippen LogP contribution in [0, 0.1) is 5.41 Å². The molecule has 0 saturated carbocycles. The number of ether oxygens (including phenoxy) is 1. The molecule has 0 aliphatic heterocycles. The molecule has 0 aliphatic carbocycles. The third kappa shape index (κ3) is 10.4. The minimum Gasteiger partial charge on any atom is -0.424 e. The predicted octanol–water partition coefficient (Wildman–Crippen LogP) is -0.668. The van der Waals surface area contributed by atoms with Crippen molar-refractivity contribution in [1.82, 2.24) is 20.9 Å². The summed E-state index contributed by atoms with van der Waals surface area (Å²) in [5, 5.41) is 14.2. The molecule has 36 heavy (non-hydrogen) atoms. The normalized spacial score (nSPS) is 12.5. The Kier molecular flexibility index (Phi) is 12.5. The zero-order chi connectivity index (χ0) is 27.4. The number of thiol groups is 1. The Morgan fingerprint density at radius 2 is 1.69 bits per heavy atom. The van der Waals surface area contributed by atoms with Crippen LogP contribution >= 0.6 is 24.4 Å². The van der Waals surface area contributed by atoms with Gasteiger partial charge in [0.25, 0.3) is 0 Å². The topological polar surface area (TPSA) is 196 Å². The zero-order valence-electron chi connectivity index (χ0n) is 20.2. The molecule has 13 nitrogen and oxygen atoms in total. The summed E-state index contributed by atoms with van der Waals surface area (Å²) in [6.07, 6.45) is 0. The summed E-state index contributed by atoms with van der Waals surface area (Å²) in [5.74, 6) is -3.34. The number of hydrogen-bond donors (Lipinski definition) is 6. The van der Waals surface area contributed by atoms with Gasteiger partial charge in [-0.25, -0.2) is 4.79 Å². The summed E-state index contributed by atoms with van der Waals surface area (Å²) in [7, 11) is 3.13. The summed E-state index contributed by atoms with van der Waals surface area (Å²) in [5.41, 5.74) is 5.69. The van der Waals surface area contributed by atoms with Gasteiger partial charge < -0.3 is 26.0 Å². The lowest BCUT2D eigenvalue weighted by molar-refractivity contribution is -0.138. The van der Waals surface area contributed by atoms with Gasteiger partial charge in [-0.1, -0.05) is 23.9 Å². The van der Waals surface area contributed by atoms with E-state index < -0.39 is 40.9 Å². The number of para-hydroxylation sites is 1. The fraction of sp³-hybridized carbons (Fsp3) is 0.381. The van der Waals surface area contributed by atoms with Gasteiger partial charge in [0.05, 0.1) is 5.56 Å². The number of aliphatic imine (C=N–C) groups is 1. The Bertz CT molecular complexity index is 1050. The van der Waals surface area contributed by atoms with Gasteiger partial charge in [-0.2, -0.15) is 17.6 Å². The number of carbonyl (C=O) groups is 5. The lowest BCUT2D eigenvalue weighted by Gasteiger charge is -2.18. The van der Waals surface area contributed by atoms with Crippen molar-refractivity contribution in [3.05, 3.63) is 29.8 Å². The van der Waals surface area contributed by atoms with E-state index >= 15 is 0 Å². The standard InChI is InChI=1S/C21H29N7O6S2/c1-11(29)24-14(9-35)18(32)34-16-8-6-5-7-13(16)19(33)36-10-15(25-12(2)30)17(31)26-20(22)27-21(23)28(3)4/h5-8,14-15,35H,9-10H2,1-4H3,(H,24,29)(H,25,30)(H4,22,23,26,27,31). The molecular formula is C21H29N7O6S2. The van der Waals surface area contributed by atoms with Crippen molar-refractivity contribution < 1.29 is 28.7 Å². The van der Waals surface area contributed by atoms with E-state index in [0.717, 1.165) is 0 Å². The molecule has 0 bridgehead atoms. The van der Waals surface area contributed by atoms with Crippen molar-refractivity contribution in [2.45, 2.75) is 25.9 Å². The molecule has 0 radical (unpaired) electrons. The molecule has 2 atom stereocenters. The number of rotatable bonds is 9. The lowest BCUT2D eigenvalue weighted by atomic mass is 10.2. The van der Waals surface area contributed by atoms with Gasteiger partial charge in [-0.3, -0.25) is 29.9 Å². The van der Waals surface area contributed by atoms with Crippen molar-refractivity contribution in [2.24, 2.45) is 10.7 Å². The fourth-order valence-electron chi connectivity index (χ4n) is 2.45. The Balaban J connectivity index is 2.96. The van der Waals surface area contributed by atoms with Gasteiger partial charge in [-0.15, -0.1) is 0 Å². The molecule has 0 spiro atoms. The van der Waals surface area contributed by atoms with E-state index in [1.807, 2.05) is 0 Å². The van der Waals surface area contributed by atoms with E-state index in [4.69, 9.17) is 15.9 Å². The second kappa shape index (κ2) is 14.7. The maximum Gasteiger partial charge on any atom is 0.334 e. The SMILES string of the molecule is CC(=O)NC(CSC(=O)c1ccccc1OC(=O)C(CS)NC(C)=O)C(=O)N/C(N)=N/C(=N)N(C)C. The average molecular weight is 540 g/mol. The number of nitrogens with one attached hydrogen (secondary N) is 4. The molecule has 1 aromatic carbocycles. The Labute approximate surface area is 217 Å². The number of benzene rings is 1. The third-order valence-corrected chi connectivity index (χ3v) is 5.49. The van der Waals surface area contributed by atoms with Crippen LogP contribution in [-0.2, 0) is 19.2 Å². The second-order valence-electron chi connectivity index (χ2n) is 7.41. The quantitative estimate of drug-likeness (QED) is 0.0775. The molecule has 0 aliphatic rings. The van der Waals surface area contributed by atoms with Gasteiger partial charge in [0.2, 0.25) is 34.8 Å². The molecule has 196 valence electrons. The number of nitrogens with two attached hydrogens (primary N) is 1. The number of nitrogens with zero attached hydrogens (tertiary/aromatic N) is 2. The predicted molar refractivity (Wildman–Crippen MR) is 139 cm³/mol. The van der Waals surface area contributed by atoms with Crippen molar-refractivity contribution in [2.75, 3.05) is 25.6 Å². The van der Waals surface area contributed by atoms with Crippen LogP contribution in [0.3, 0.4) is 0 Å². The first-order valence-corrected chi connectivity index (χ1v) is 12.0. The van der Waals surface area contributed by atoms with E-state index in [2.05, 4.69) is 33.6 Å². The molecule has 0 aromatic heterocycles. The van der Waals surface area contributed by atoms with Gasteiger partial charge in [0.15, 0.2) is 0 Å². The van der Waals surface area contributed by atoms with E-state index in [-0.39, 0.29) is 34.7 Å². The first-order chi connectivity index (χ1) is 16.8. The van der Waals surface area contributed by atoms with Crippen LogP contribution in [0.5, 0.6) is 5.75 Å². The Morgan fingerprint density at radius 1 is 1.11 bits per heavy atom. The highest BCUT2D eigenvalue weighted by molar-refractivity contribution is 8.14. The van der Waals surface area contributed by atoms with Crippen LogP contribution in [0.25, 0.3) is 0 Å². The maximum absolute atomic E-state index is 12.9. The number of guanidine groups is 2. The molecule has 2 unspecified atom stereocenters. The Morgan fingerprint density at radius 3 is 2.25 bits per heavy atom. The van der Waals surface area contributed by atoms with E-state index in [9.17, 15) is 24.0 Å². The number of amides is 3. The maximum atomic E-state index is 12.9. The minimum absolute atomic E-state index is 0.0166. The van der Waals surface area contributed by atoms with Gasteiger partial charge in [0, 0.05) is 39.4 Å². The van der Waals surface area contributed by atoms with Crippen molar-refractivity contribution in [3.63, 3.8) is 0 Å². The molecule has 6 N–H and O–H groups in total. The number of esters is 1. The fourth-order valence-corrected chi connectivity index (χ4v) is 3.57. The third-order valence-electron chi connectivity index (χ3n) is 4.14. The molecule has 0 fully saturated rings. The van der Waals surface area contributed by atoms with Crippen LogP contribution < -0.4 is 26.4 Å². The van der Waals surface area contributed by atoms with E-state index in [1.165, 1.54) is 30.9 Å². The molecule has 0 heterocycles. The zero-order valence-corrected chi connectivity index (χ0v) is 21.9. The largest absolute Gasteiger partial charge is 0.424 e. The van der Waals surface area contributed by atoms with Gasteiger partial charge in [0.1, 0.15) is 17.8 Å².